The summed E-state index contributed by atoms with van der Waals surface area (Å²) in [5.41, 5.74) is -0.749. The number of azo groups is 2. The maximum atomic E-state index is 13.8. The van der Waals surface area contributed by atoms with Gasteiger partial charge in [-0.2, -0.15) is 38.5 Å². The van der Waals surface area contributed by atoms with E-state index in [0.717, 1.165) is 6.07 Å². The number of aromatic nitrogens is 3. The van der Waals surface area contributed by atoms with Gasteiger partial charge in [-0.15, -0.1) is 10.1 Å². The van der Waals surface area contributed by atoms with Gasteiger partial charge in [0.1, 0.15) is 11.5 Å². The summed E-state index contributed by atoms with van der Waals surface area (Å²) in [5, 5.41) is 16.2. The molecule has 1 unspecified atom stereocenters. The van der Waals surface area contributed by atoms with E-state index in [1.54, 1.807) is 78.9 Å². The van der Waals surface area contributed by atoms with Crippen LogP contribution < -0.4 is 9.47 Å². The molecule has 5 aromatic rings. The van der Waals surface area contributed by atoms with Gasteiger partial charge in [-0.1, -0.05) is 72.8 Å². The quantitative estimate of drug-likeness (QED) is 0.169. The van der Waals surface area contributed by atoms with Crippen LogP contribution in [0.5, 0.6) is 23.5 Å². The molecular formula is C29H20F3N7O2. The number of rotatable bonds is 9. The largest absolute Gasteiger partial charge is 0.424 e. The highest BCUT2D eigenvalue weighted by Crippen LogP contribution is 2.37. The molecule has 4 aromatic carbocycles. The van der Waals surface area contributed by atoms with Crippen molar-refractivity contribution < 1.29 is 22.6 Å². The van der Waals surface area contributed by atoms with Crippen molar-refractivity contribution in [2.45, 2.75) is 12.3 Å². The minimum Gasteiger partial charge on any atom is -0.424 e. The first-order valence-electron chi connectivity index (χ1n) is 12.2. The fraction of sp³-hybridized carbons (Fsp3) is 0.0690. The lowest BCUT2D eigenvalue weighted by Crippen LogP contribution is -2.10. The highest BCUT2D eigenvalue weighted by Gasteiger charge is 2.35. The first-order valence-corrected chi connectivity index (χ1v) is 12.2. The molecule has 1 heterocycles. The summed E-state index contributed by atoms with van der Waals surface area (Å²) in [7, 11) is 0. The average Bonchev–Trinajstić information content (AvgIpc) is 2.98. The molecule has 1 atom stereocenters. The molecule has 12 heteroatoms. The van der Waals surface area contributed by atoms with E-state index in [4.69, 9.17) is 9.47 Å². The molecule has 0 saturated heterocycles. The first-order chi connectivity index (χ1) is 19.9. The molecule has 41 heavy (non-hydrogen) atoms. The SMILES string of the molecule is FC(F)(F)c1ccccc1C(N=Nc1ccccc1)N=Nc1nc(Oc2ccccc2)nc(Oc2ccccc2)n1. The minimum atomic E-state index is -4.66. The summed E-state index contributed by atoms with van der Waals surface area (Å²) < 4.78 is 53.0. The van der Waals surface area contributed by atoms with Crippen LogP contribution in [0.3, 0.4) is 0 Å². The van der Waals surface area contributed by atoms with Crippen molar-refractivity contribution in [1.82, 2.24) is 15.0 Å². The maximum absolute atomic E-state index is 13.8. The normalized spacial score (nSPS) is 12.5. The Bertz CT molecular complexity index is 1580. The number of hydrogen-bond donors (Lipinski definition) is 0. The van der Waals surface area contributed by atoms with Crippen LogP contribution in [-0.2, 0) is 6.18 Å². The Morgan fingerprint density at radius 3 is 1.61 bits per heavy atom. The summed E-state index contributed by atoms with van der Waals surface area (Å²) in [4.78, 5) is 12.5. The van der Waals surface area contributed by atoms with Gasteiger partial charge in [-0.25, -0.2) is 0 Å². The van der Waals surface area contributed by atoms with Gasteiger partial charge in [0.2, 0.25) is 6.17 Å². The van der Waals surface area contributed by atoms with Gasteiger partial charge < -0.3 is 9.47 Å². The molecular weight excluding hydrogens is 535 g/mol. The van der Waals surface area contributed by atoms with Crippen molar-refractivity contribution in [2.75, 3.05) is 0 Å². The fourth-order valence-electron chi connectivity index (χ4n) is 3.50. The molecule has 0 saturated carbocycles. The molecule has 9 nitrogen and oxygen atoms in total. The number of halogens is 3. The van der Waals surface area contributed by atoms with E-state index in [1.807, 2.05) is 12.1 Å². The van der Waals surface area contributed by atoms with Crippen molar-refractivity contribution in [2.24, 2.45) is 20.5 Å². The Morgan fingerprint density at radius 2 is 1.05 bits per heavy atom. The van der Waals surface area contributed by atoms with E-state index in [0.29, 0.717) is 17.2 Å². The summed E-state index contributed by atoms with van der Waals surface area (Å²) in [6.45, 7) is 0. The van der Waals surface area contributed by atoms with Crippen molar-refractivity contribution in [3.8, 4) is 23.5 Å². The van der Waals surface area contributed by atoms with Crippen LogP contribution in [-0.4, -0.2) is 15.0 Å². The highest BCUT2D eigenvalue weighted by molar-refractivity contribution is 5.36. The Balaban J connectivity index is 1.53. The Labute approximate surface area is 232 Å². The fourth-order valence-corrected chi connectivity index (χ4v) is 3.50. The topological polar surface area (TPSA) is 107 Å². The van der Waals surface area contributed by atoms with Crippen LogP contribution in [0.1, 0.15) is 17.3 Å². The third-order valence-corrected chi connectivity index (χ3v) is 5.33. The molecule has 0 spiro atoms. The lowest BCUT2D eigenvalue weighted by molar-refractivity contribution is -0.138. The van der Waals surface area contributed by atoms with Gasteiger partial charge in [-0.05, 0) is 42.5 Å². The van der Waals surface area contributed by atoms with Crippen molar-refractivity contribution in [3.63, 3.8) is 0 Å². The highest BCUT2D eigenvalue weighted by atomic mass is 19.4. The second kappa shape index (κ2) is 12.6. The molecule has 0 amide bonds. The molecule has 1 aromatic heterocycles. The van der Waals surface area contributed by atoms with E-state index < -0.39 is 17.9 Å². The zero-order valence-electron chi connectivity index (χ0n) is 21.1. The van der Waals surface area contributed by atoms with Crippen molar-refractivity contribution in [1.29, 1.82) is 0 Å². The van der Waals surface area contributed by atoms with Crippen LogP contribution in [0.4, 0.5) is 24.8 Å². The van der Waals surface area contributed by atoms with Gasteiger partial charge in [-0.3, -0.25) is 0 Å². The van der Waals surface area contributed by atoms with Crippen molar-refractivity contribution in [3.05, 3.63) is 126 Å². The summed E-state index contributed by atoms with van der Waals surface area (Å²) in [6, 6.07) is 30.6. The molecule has 0 aliphatic rings. The smallest absolute Gasteiger partial charge is 0.416 e. The Morgan fingerprint density at radius 1 is 0.561 bits per heavy atom. The summed E-state index contributed by atoms with van der Waals surface area (Å²) in [6.07, 6.45) is -6.13. The monoisotopic (exact) mass is 555 g/mol. The second-order valence-electron chi connectivity index (χ2n) is 8.26. The lowest BCUT2D eigenvalue weighted by Gasteiger charge is -2.14. The van der Waals surface area contributed by atoms with Crippen LogP contribution in [0.15, 0.2) is 136 Å². The van der Waals surface area contributed by atoms with Gasteiger partial charge in [0.25, 0.3) is 5.95 Å². The number of ether oxygens (including phenoxy) is 2. The van der Waals surface area contributed by atoms with Crippen LogP contribution >= 0.6 is 0 Å². The third kappa shape index (κ3) is 7.53. The zero-order valence-corrected chi connectivity index (χ0v) is 21.1. The molecule has 0 radical (unpaired) electrons. The zero-order chi connectivity index (χ0) is 28.5. The second-order valence-corrected chi connectivity index (χ2v) is 8.26. The van der Waals surface area contributed by atoms with Crippen LogP contribution in [0.2, 0.25) is 0 Å². The average molecular weight is 556 g/mol. The third-order valence-electron chi connectivity index (χ3n) is 5.33. The van der Waals surface area contributed by atoms with Gasteiger partial charge >= 0.3 is 18.2 Å². The molecule has 5 rings (SSSR count). The molecule has 0 N–H and O–H groups in total. The van der Waals surface area contributed by atoms with E-state index in [-0.39, 0.29) is 23.5 Å². The predicted molar refractivity (Wildman–Crippen MR) is 143 cm³/mol. The molecule has 0 aliphatic heterocycles. The van der Waals surface area contributed by atoms with Crippen LogP contribution in [0, 0.1) is 0 Å². The van der Waals surface area contributed by atoms with Crippen molar-refractivity contribution >= 4 is 11.6 Å². The van der Waals surface area contributed by atoms with Gasteiger partial charge in [0, 0.05) is 5.56 Å². The van der Waals surface area contributed by atoms with Crippen LogP contribution in [0.25, 0.3) is 0 Å². The Kier molecular flexibility index (Phi) is 8.29. The molecule has 0 fully saturated rings. The molecule has 204 valence electrons. The number of nitrogens with zero attached hydrogens (tertiary/aromatic N) is 7. The summed E-state index contributed by atoms with van der Waals surface area (Å²) >= 11 is 0. The number of hydrogen-bond acceptors (Lipinski definition) is 9. The standard InChI is InChI=1S/C29H20F3N7O2/c30-29(31,32)24-19-11-10-18-23(24)25(37-36-20-12-4-1-5-13-20)38-39-26-33-27(40-21-14-6-2-7-15-21)35-28(34-26)41-22-16-8-3-9-17-22/h1-19,25H. The van der Waals surface area contributed by atoms with Gasteiger partial charge in [0.05, 0.1) is 11.3 Å². The number of alkyl halides is 3. The van der Waals surface area contributed by atoms with E-state index >= 15 is 0 Å². The lowest BCUT2D eigenvalue weighted by atomic mass is 10.1. The molecule has 0 bridgehead atoms. The number of para-hydroxylation sites is 2. The van der Waals surface area contributed by atoms with E-state index in [9.17, 15) is 13.2 Å². The minimum absolute atomic E-state index is 0.163. The molecule has 0 aliphatic carbocycles. The predicted octanol–water partition coefficient (Wildman–Crippen LogP) is 9.04. The van der Waals surface area contributed by atoms with Gasteiger partial charge in [0.15, 0.2) is 0 Å². The van der Waals surface area contributed by atoms with E-state index in [1.165, 1.54) is 18.2 Å². The Hall–Kier alpha value is -5.52. The van der Waals surface area contributed by atoms with E-state index in [2.05, 4.69) is 35.4 Å². The summed E-state index contributed by atoms with van der Waals surface area (Å²) in [5.74, 6) is 0.586. The number of benzene rings is 4. The maximum Gasteiger partial charge on any atom is 0.416 e. The first kappa shape index (κ1) is 27.1.